The van der Waals surface area contributed by atoms with Gasteiger partial charge in [0.25, 0.3) is 11.8 Å². The van der Waals surface area contributed by atoms with E-state index in [-0.39, 0.29) is 11.4 Å². The fraction of sp³-hybridized carbons (Fsp3) is 0.212. The van der Waals surface area contributed by atoms with Gasteiger partial charge in [0.05, 0.1) is 16.2 Å². The molecule has 0 bridgehead atoms. The van der Waals surface area contributed by atoms with Crippen LogP contribution in [0.3, 0.4) is 0 Å². The Balaban J connectivity index is 1.11. The third kappa shape index (κ3) is 7.98. The van der Waals surface area contributed by atoms with Crippen LogP contribution in [0.5, 0.6) is 0 Å². The number of nitrogens with zero attached hydrogens (tertiary/aromatic N) is 3. The van der Waals surface area contributed by atoms with Crippen molar-refractivity contribution in [1.82, 2.24) is 20.8 Å². The van der Waals surface area contributed by atoms with E-state index < -0.39 is 5.91 Å². The van der Waals surface area contributed by atoms with Crippen LogP contribution in [0.2, 0.25) is 10.0 Å². The van der Waals surface area contributed by atoms with Gasteiger partial charge in [-0.05, 0) is 67.3 Å². The monoisotopic (exact) mass is 645 g/mol. The van der Waals surface area contributed by atoms with Gasteiger partial charge >= 0.3 is 0 Å². The van der Waals surface area contributed by atoms with E-state index in [1.165, 1.54) is 11.6 Å². The maximum atomic E-state index is 12.8. The lowest BCUT2D eigenvalue weighted by Crippen LogP contribution is -2.51. The van der Waals surface area contributed by atoms with Gasteiger partial charge in [0, 0.05) is 48.1 Å². The molecule has 10 nitrogen and oxygen atoms in total. The number of carbonyl (C=O) groups is 2. The van der Waals surface area contributed by atoms with Crippen molar-refractivity contribution in [1.29, 1.82) is 0 Å². The zero-order valence-electron chi connectivity index (χ0n) is 24.6. The van der Waals surface area contributed by atoms with Gasteiger partial charge in [0.2, 0.25) is 0 Å². The first kappa shape index (κ1) is 31.9. The molecule has 0 spiro atoms. The molecule has 0 aliphatic carbocycles. The molecule has 5 rings (SSSR count). The van der Waals surface area contributed by atoms with Crippen LogP contribution < -0.4 is 26.7 Å². The molecule has 0 radical (unpaired) electrons. The maximum Gasteiger partial charge on any atom is 0.267 e. The molecule has 0 atom stereocenters. The van der Waals surface area contributed by atoms with Gasteiger partial charge in [-0.15, -0.1) is 0 Å². The molecule has 232 valence electrons. The molecule has 1 fully saturated rings. The van der Waals surface area contributed by atoms with Crippen molar-refractivity contribution in [3.05, 3.63) is 106 Å². The third-order valence-electron chi connectivity index (χ3n) is 7.83. The van der Waals surface area contributed by atoms with Crippen LogP contribution in [0.1, 0.15) is 41.3 Å². The highest BCUT2D eigenvalue weighted by Crippen LogP contribution is 2.35. The van der Waals surface area contributed by atoms with E-state index in [0.29, 0.717) is 44.9 Å². The molecule has 3 aromatic carbocycles. The molecule has 1 saturated heterocycles. The molecular formula is C33H33Cl2N7O3. The van der Waals surface area contributed by atoms with E-state index in [9.17, 15) is 9.59 Å². The topological polar surface area (TPSA) is 146 Å². The summed E-state index contributed by atoms with van der Waals surface area (Å²) in [5.41, 5.74) is 11.9. The van der Waals surface area contributed by atoms with E-state index >= 15 is 0 Å². The molecule has 0 saturated carbocycles. The molecule has 4 aromatic rings. The lowest BCUT2D eigenvalue weighted by Gasteiger charge is -2.40. The normalized spacial score (nSPS) is 14.4. The minimum atomic E-state index is -0.619. The number of hydrogen-bond acceptors (Lipinski definition) is 8. The highest BCUT2D eigenvalue weighted by Gasteiger charge is 2.30. The Kier molecular flexibility index (Phi) is 9.99. The van der Waals surface area contributed by atoms with Gasteiger partial charge in [-0.1, -0.05) is 59.6 Å². The van der Waals surface area contributed by atoms with Crippen molar-refractivity contribution in [2.24, 2.45) is 0 Å². The van der Waals surface area contributed by atoms with Crippen LogP contribution in [-0.2, 0) is 11.3 Å². The Hall–Kier alpha value is -4.48. The number of anilines is 3. The smallest absolute Gasteiger partial charge is 0.267 e. The van der Waals surface area contributed by atoms with E-state index in [4.69, 9.17) is 34.1 Å². The number of hydroxylamine groups is 1. The number of nitrogens with two attached hydrogens (primary N) is 1. The number of halogens is 2. The van der Waals surface area contributed by atoms with Gasteiger partial charge in [0.15, 0.2) is 5.82 Å². The summed E-state index contributed by atoms with van der Waals surface area (Å²) in [7, 11) is 0. The number of piperidine rings is 1. The first-order valence-corrected chi connectivity index (χ1v) is 15.1. The third-order valence-corrected chi connectivity index (χ3v) is 8.64. The fourth-order valence-corrected chi connectivity index (χ4v) is 5.42. The lowest BCUT2D eigenvalue weighted by molar-refractivity contribution is -0.124. The van der Waals surface area contributed by atoms with Crippen LogP contribution >= 0.6 is 23.2 Å². The number of aromatic nitrogens is 2. The van der Waals surface area contributed by atoms with Crippen LogP contribution in [0.25, 0.3) is 17.3 Å². The molecule has 6 N–H and O–H groups in total. The first-order chi connectivity index (χ1) is 21.6. The van der Waals surface area contributed by atoms with Crippen LogP contribution in [0.4, 0.5) is 17.3 Å². The van der Waals surface area contributed by atoms with Crippen molar-refractivity contribution < 1.29 is 14.8 Å². The summed E-state index contributed by atoms with van der Waals surface area (Å²) < 4.78 is 0. The molecule has 1 aromatic heterocycles. The summed E-state index contributed by atoms with van der Waals surface area (Å²) in [6.07, 6.45) is 6.29. The molecule has 1 aliphatic heterocycles. The zero-order valence-corrected chi connectivity index (χ0v) is 26.1. The predicted molar refractivity (Wildman–Crippen MR) is 178 cm³/mol. The van der Waals surface area contributed by atoms with Crippen molar-refractivity contribution in [2.45, 2.75) is 31.8 Å². The molecule has 12 heteroatoms. The van der Waals surface area contributed by atoms with E-state index in [2.05, 4.69) is 32.4 Å². The largest absolute Gasteiger partial charge is 0.382 e. The second kappa shape index (κ2) is 14.1. The van der Waals surface area contributed by atoms with Crippen LogP contribution in [-0.4, -0.2) is 45.6 Å². The van der Waals surface area contributed by atoms with Gasteiger partial charge in [0.1, 0.15) is 11.5 Å². The summed E-state index contributed by atoms with van der Waals surface area (Å²) in [4.78, 5) is 35.2. The summed E-state index contributed by atoms with van der Waals surface area (Å²) in [5.74, 6) is 0.193. The summed E-state index contributed by atoms with van der Waals surface area (Å²) in [5, 5.41) is 16.0. The Bertz CT molecular complexity index is 1700. The molecule has 2 heterocycles. The van der Waals surface area contributed by atoms with Crippen LogP contribution in [0.15, 0.2) is 79.0 Å². The SMILES string of the molecule is CC1(NCc2ccc(C(=O)Nc3ccc(C=CC(=O)NO)cc3)cc2)CCN(c2cnc(-c3cccc(Cl)c3Cl)c(N)n2)CC1. The molecule has 0 unspecified atom stereocenters. The Morgan fingerprint density at radius 3 is 2.42 bits per heavy atom. The number of nitrogen functional groups attached to an aromatic ring is 1. The quantitative estimate of drug-likeness (QED) is 0.0852. The predicted octanol–water partition coefficient (Wildman–Crippen LogP) is 5.95. The van der Waals surface area contributed by atoms with E-state index in [0.717, 1.165) is 42.9 Å². The number of hydrogen-bond donors (Lipinski definition) is 5. The first-order valence-electron chi connectivity index (χ1n) is 14.3. The lowest BCUT2D eigenvalue weighted by atomic mass is 9.89. The number of rotatable bonds is 9. The fourth-order valence-electron chi connectivity index (χ4n) is 5.03. The molecule has 2 amide bonds. The minimum absolute atomic E-state index is 0.0664. The number of nitrogens with one attached hydrogen (secondary N) is 3. The summed E-state index contributed by atoms with van der Waals surface area (Å²) in [6, 6.07) is 19.9. The highest BCUT2D eigenvalue weighted by atomic mass is 35.5. The molecule has 1 aliphatic rings. The Morgan fingerprint density at radius 1 is 1.04 bits per heavy atom. The van der Waals surface area contributed by atoms with E-state index in [1.54, 1.807) is 48.7 Å². The Morgan fingerprint density at radius 2 is 1.76 bits per heavy atom. The van der Waals surface area contributed by atoms with Gasteiger partial charge in [-0.2, -0.15) is 0 Å². The number of amides is 2. The van der Waals surface area contributed by atoms with Gasteiger partial charge < -0.3 is 21.3 Å². The average molecular weight is 647 g/mol. The Labute approximate surface area is 271 Å². The summed E-state index contributed by atoms with van der Waals surface area (Å²) in [6.45, 7) is 4.48. The molecule has 45 heavy (non-hydrogen) atoms. The number of carbonyl (C=O) groups excluding carboxylic acids is 2. The van der Waals surface area contributed by atoms with Crippen molar-refractivity contribution in [3.63, 3.8) is 0 Å². The van der Waals surface area contributed by atoms with Gasteiger partial charge in [-0.25, -0.2) is 15.4 Å². The molecular weight excluding hydrogens is 613 g/mol. The van der Waals surface area contributed by atoms with Crippen LogP contribution in [0, 0.1) is 0 Å². The standard InChI is InChI=1S/C33H33Cl2N7O3/c1-33(15-17-42(18-16-33)27-20-37-30(31(36)40-27)25-3-2-4-26(34)29(25)35)38-19-22-5-10-23(11-6-22)32(44)39-24-12-7-21(8-13-24)9-14-28(43)41-45/h2-14,20,38,45H,15-19H2,1H3,(H2,36,40)(H,39,44)(H,41,43). The van der Waals surface area contributed by atoms with Gasteiger partial charge in [-0.3, -0.25) is 14.8 Å². The van der Waals surface area contributed by atoms with Crippen molar-refractivity contribution >= 4 is 58.4 Å². The van der Waals surface area contributed by atoms with E-state index in [1.807, 2.05) is 30.3 Å². The average Bonchev–Trinajstić information content (AvgIpc) is 3.05. The highest BCUT2D eigenvalue weighted by molar-refractivity contribution is 6.43. The second-order valence-corrected chi connectivity index (χ2v) is 11.8. The summed E-state index contributed by atoms with van der Waals surface area (Å²) >= 11 is 12.5. The maximum absolute atomic E-state index is 12.8. The second-order valence-electron chi connectivity index (χ2n) is 11.0. The van der Waals surface area contributed by atoms with Crippen molar-refractivity contribution in [2.75, 3.05) is 29.0 Å². The van der Waals surface area contributed by atoms with Crippen molar-refractivity contribution in [3.8, 4) is 11.3 Å². The number of benzene rings is 3. The minimum Gasteiger partial charge on any atom is -0.382 e. The zero-order chi connectivity index (χ0) is 32.0.